The molecule has 0 radical (unpaired) electrons. The number of carbonyl (C=O) groups excluding carboxylic acids is 2. The van der Waals surface area contributed by atoms with E-state index in [0.29, 0.717) is 13.0 Å². The molecule has 0 aliphatic carbocycles. The van der Waals surface area contributed by atoms with Gasteiger partial charge >= 0.3 is 5.97 Å². The first-order chi connectivity index (χ1) is 12.7. The van der Waals surface area contributed by atoms with E-state index in [0.717, 1.165) is 37.4 Å². The second-order valence-corrected chi connectivity index (χ2v) is 8.65. The van der Waals surface area contributed by atoms with Crippen LogP contribution < -0.4 is 0 Å². The van der Waals surface area contributed by atoms with Gasteiger partial charge < -0.3 is 9.47 Å². The highest BCUT2D eigenvalue weighted by Gasteiger charge is 2.39. The Labute approximate surface area is 172 Å². The van der Waals surface area contributed by atoms with Crippen LogP contribution in [-0.2, 0) is 19.1 Å². The van der Waals surface area contributed by atoms with E-state index < -0.39 is 5.60 Å². The number of ketones is 1. The second-order valence-electron chi connectivity index (χ2n) is 8.00. The predicted octanol–water partition coefficient (Wildman–Crippen LogP) is 5.54. The van der Waals surface area contributed by atoms with Crippen LogP contribution in [0.3, 0.4) is 0 Å². The quantitative estimate of drug-likeness (QED) is 0.267. The lowest BCUT2D eigenvalue weighted by Crippen LogP contribution is -2.43. The number of hydrogen-bond acceptors (Lipinski definition) is 4. The lowest BCUT2D eigenvalue weighted by atomic mass is 9.87. The third-order valence-electron chi connectivity index (χ3n) is 5.24. The van der Waals surface area contributed by atoms with Gasteiger partial charge in [-0.15, -0.1) is 0 Å². The van der Waals surface area contributed by atoms with Gasteiger partial charge in [0, 0.05) is 24.6 Å². The fraction of sp³-hybridized carbons (Fsp3) is 0.727. The number of carbonyl (C=O) groups is 2. The Morgan fingerprint density at radius 1 is 1.37 bits per heavy atom. The molecule has 0 aromatic rings. The Bertz CT molecular complexity index is 563. The smallest absolute Gasteiger partial charge is 0.303 e. The summed E-state index contributed by atoms with van der Waals surface area (Å²) >= 11 is 3.43. The maximum atomic E-state index is 12.2. The van der Waals surface area contributed by atoms with Crippen molar-refractivity contribution in [3.05, 3.63) is 23.3 Å². The van der Waals surface area contributed by atoms with Gasteiger partial charge in [0.15, 0.2) is 0 Å². The second kappa shape index (κ2) is 11.8. The maximum absolute atomic E-state index is 12.2. The van der Waals surface area contributed by atoms with Crippen LogP contribution in [-0.4, -0.2) is 35.4 Å². The van der Waals surface area contributed by atoms with E-state index >= 15 is 0 Å². The minimum absolute atomic E-state index is 0.0333. The summed E-state index contributed by atoms with van der Waals surface area (Å²) in [6.45, 7) is 10.1. The highest BCUT2D eigenvalue weighted by molar-refractivity contribution is 9.09. The maximum Gasteiger partial charge on any atom is 0.303 e. The molecule has 0 aromatic carbocycles. The van der Waals surface area contributed by atoms with Gasteiger partial charge in [0.1, 0.15) is 17.5 Å². The minimum atomic E-state index is -0.518. The minimum Gasteiger partial charge on any atom is -0.459 e. The van der Waals surface area contributed by atoms with Gasteiger partial charge in [-0.1, -0.05) is 40.6 Å². The first kappa shape index (κ1) is 24.1. The predicted molar refractivity (Wildman–Crippen MR) is 113 cm³/mol. The third kappa shape index (κ3) is 8.73. The number of rotatable bonds is 9. The molecular formula is C22H35BrO4. The molecule has 0 amide bonds. The zero-order valence-corrected chi connectivity index (χ0v) is 19.1. The van der Waals surface area contributed by atoms with Crippen molar-refractivity contribution in [1.29, 1.82) is 0 Å². The van der Waals surface area contributed by atoms with Crippen LogP contribution in [0, 0.1) is 5.92 Å². The van der Waals surface area contributed by atoms with Gasteiger partial charge in [-0.3, -0.25) is 9.59 Å². The molecular weight excluding hydrogens is 408 g/mol. The van der Waals surface area contributed by atoms with Gasteiger partial charge in [0.2, 0.25) is 0 Å². The molecule has 27 heavy (non-hydrogen) atoms. The molecule has 4 nitrogen and oxygen atoms in total. The Hall–Kier alpha value is -0.940. The van der Waals surface area contributed by atoms with E-state index in [-0.39, 0.29) is 23.8 Å². The van der Waals surface area contributed by atoms with Crippen LogP contribution in [0.15, 0.2) is 23.3 Å². The molecule has 1 aliphatic heterocycles. The van der Waals surface area contributed by atoms with E-state index in [1.54, 1.807) is 0 Å². The summed E-state index contributed by atoms with van der Waals surface area (Å²) in [5, 5.41) is 0.798. The summed E-state index contributed by atoms with van der Waals surface area (Å²) in [6, 6.07) is 0. The highest BCUT2D eigenvalue weighted by atomic mass is 79.9. The van der Waals surface area contributed by atoms with E-state index in [9.17, 15) is 9.59 Å². The van der Waals surface area contributed by atoms with Crippen molar-refractivity contribution >= 4 is 27.7 Å². The van der Waals surface area contributed by atoms with E-state index in [1.165, 1.54) is 18.1 Å². The number of halogens is 1. The molecule has 1 aliphatic rings. The monoisotopic (exact) mass is 442 g/mol. The molecule has 0 N–H and O–H groups in total. The molecule has 0 spiro atoms. The third-order valence-corrected chi connectivity index (χ3v) is 5.57. The van der Waals surface area contributed by atoms with Crippen LogP contribution in [0.25, 0.3) is 0 Å². The number of ether oxygens (including phenoxy) is 2. The van der Waals surface area contributed by atoms with Gasteiger partial charge in [0.05, 0.1) is 6.61 Å². The average molecular weight is 443 g/mol. The average Bonchev–Trinajstić information content (AvgIpc) is 2.73. The SMILES string of the molecule is CC(=O)O[C@@H]1CC/C(=C\CBr)COC1(C)CCCC(C)C(=O)CC=C(C)C. The van der Waals surface area contributed by atoms with E-state index in [4.69, 9.17) is 9.47 Å². The van der Waals surface area contributed by atoms with Gasteiger partial charge in [0.25, 0.3) is 0 Å². The number of alkyl halides is 1. The number of esters is 1. The van der Waals surface area contributed by atoms with Crippen molar-refractivity contribution in [1.82, 2.24) is 0 Å². The molecule has 2 unspecified atom stereocenters. The van der Waals surface area contributed by atoms with Crippen molar-refractivity contribution in [3.63, 3.8) is 0 Å². The molecule has 3 atom stereocenters. The summed E-state index contributed by atoms with van der Waals surface area (Å²) < 4.78 is 11.8. The fourth-order valence-corrected chi connectivity index (χ4v) is 3.82. The first-order valence-corrected chi connectivity index (χ1v) is 11.0. The molecule has 5 heteroatoms. The summed E-state index contributed by atoms with van der Waals surface area (Å²) in [4.78, 5) is 23.8. The molecule has 1 fully saturated rings. The summed E-state index contributed by atoms with van der Waals surface area (Å²) in [5.41, 5.74) is 1.89. The largest absolute Gasteiger partial charge is 0.459 e. The van der Waals surface area contributed by atoms with Crippen LogP contribution >= 0.6 is 15.9 Å². The van der Waals surface area contributed by atoms with Crippen molar-refractivity contribution in [2.24, 2.45) is 5.92 Å². The Kier molecular flexibility index (Phi) is 10.5. The number of Topliss-reactive ketones (excluding diaryl/α,β-unsaturated/α-hetero) is 1. The normalized spacial score (nSPS) is 25.6. The van der Waals surface area contributed by atoms with E-state index in [2.05, 4.69) is 22.0 Å². The molecule has 0 saturated carbocycles. The van der Waals surface area contributed by atoms with E-state index in [1.807, 2.05) is 33.8 Å². The Balaban J connectivity index is 2.68. The van der Waals surface area contributed by atoms with Crippen molar-refractivity contribution in [2.45, 2.75) is 84.8 Å². The van der Waals surface area contributed by atoms with Crippen LogP contribution in [0.5, 0.6) is 0 Å². The molecule has 0 bridgehead atoms. The van der Waals surface area contributed by atoms with Crippen LogP contribution in [0.1, 0.15) is 73.1 Å². The summed E-state index contributed by atoms with van der Waals surface area (Å²) in [7, 11) is 0. The summed E-state index contributed by atoms with van der Waals surface area (Å²) in [6.07, 6.45) is 8.47. The Morgan fingerprint density at radius 2 is 2.07 bits per heavy atom. The lowest BCUT2D eigenvalue weighted by Gasteiger charge is -2.35. The number of allylic oxidation sites excluding steroid dienone is 3. The van der Waals surface area contributed by atoms with Gasteiger partial charge in [-0.05, 0) is 58.4 Å². The first-order valence-electron chi connectivity index (χ1n) is 9.89. The molecule has 1 heterocycles. The zero-order valence-electron chi connectivity index (χ0n) is 17.5. The number of hydrogen-bond donors (Lipinski definition) is 0. The molecule has 1 saturated heterocycles. The topological polar surface area (TPSA) is 52.6 Å². The zero-order chi connectivity index (χ0) is 20.4. The highest BCUT2D eigenvalue weighted by Crippen LogP contribution is 2.34. The fourth-order valence-electron chi connectivity index (χ4n) is 3.36. The van der Waals surface area contributed by atoms with Crippen molar-refractivity contribution in [2.75, 3.05) is 11.9 Å². The van der Waals surface area contributed by atoms with Crippen molar-refractivity contribution < 1.29 is 19.1 Å². The van der Waals surface area contributed by atoms with Gasteiger partial charge in [-0.2, -0.15) is 0 Å². The Morgan fingerprint density at radius 3 is 2.67 bits per heavy atom. The lowest BCUT2D eigenvalue weighted by molar-refractivity contribution is -0.167. The van der Waals surface area contributed by atoms with Crippen LogP contribution in [0.4, 0.5) is 0 Å². The standard InChI is InChI=1S/C22H35BrO4/c1-16(2)8-10-20(25)17(3)7-6-13-22(5)21(27-18(4)24)11-9-19(12-14-23)15-26-22/h8,12,17,21H,6-7,9-11,13-15H2,1-5H3/b19-12+/t17?,21-,22?/m1/s1. The molecule has 0 aromatic heterocycles. The molecule has 154 valence electrons. The van der Waals surface area contributed by atoms with Crippen LogP contribution in [0.2, 0.25) is 0 Å². The molecule has 1 rings (SSSR count). The van der Waals surface area contributed by atoms with Gasteiger partial charge in [-0.25, -0.2) is 0 Å². The summed E-state index contributed by atoms with van der Waals surface area (Å²) in [5.74, 6) is 0.0428. The van der Waals surface area contributed by atoms with Crippen molar-refractivity contribution in [3.8, 4) is 0 Å².